The number of hydrogen-bond donors (Lipinski definition) is 2. The van der Waals surface area contributed by atoms with Crippen molar-refractivity contribution in [3.05, 3.63) is 0 Å². The van der Waals surface area contributed by atoms with Gasteiger partial charge in [-0.25, -0.2) is 0 Å². The maximum Gasteiger partial charge on any atom is 0.303 e. The van der Waals surface area contributed by atoms with Crippen LogP contribution in [-0.4, -0.2) is 24.7 Å². The lowest BCUT2D eigenvalue weighted by atomic mass is 9.68. The summed E-state index contributed by atoms with van der Waals surface area (Å²) in [5, 5.41) is 12.1. The lowest BCUT2D eigenvalue weighted by Crippen LogP contribution is -2.38. The van der Waals surface area contributed by atoms with Crippen molar-refractivity contribution in [1.29, 1.82) is 0 Å². The van der Waals surface area contributed by atoms with Crippen molar-refractivity contribution < 1.29 is 9.90 Å². The molecule has 0 amide bonds. The molecule has 16 heavy (non-hydrogen) atoms. The molecule has 4 heteroatoms. The van der Waals surface area contributed by atoms with Gasteiger partial charge < -0.3 is 10.4 Å². The number of hydrogen-bond acceptors (Lipinski definition) is 2. The fraction of sp³-hybridized carbons (Fsp3) is 0.917. The van der Waals surface area contributed by atoms with Gasteiger partial charge in [0.1, 0.15) is 0 Å². The minimum absolute atomic E-state index is 0. The monoisotopic (exact) mass is 249 g/mol. The van der Waals surface area contributed by atoms with E-state index < -0.39 is 5.97 Å². The molecule has 0 bridgehead atoms. The average Bonchev–Trinajstić information content (AvgIpc) is 2.18. The first kappa shape index (κ1) is 15.7. The summed E-state index contributed by atoms with van der Waals surface area (Å²) in [5.41, 5.74) is 0.0201. The van der Waals surface area contributed by atoms with Gasteiger partial charge in [0.15, 0.2) is 0 Å². The minimum Gasteiger partial charge on any atom is -0.481 e. The summed E-state index contributed by atoms with van der Waals surface area (Å²) < 4.78 is 0. The molecular weight excluding hydrogens is 226 g/mol. The van der Waals surface area contributed by atoms with Gasteiger partial charge in [-0.15, -0.1) is 12.4 Å². The van der Waals surface area contributed by atoms with Crippen molar-refractivity contribution in [2.24, 2.45) is 11.3 Å². The fourth-order valence-electron chi connectivity index (χ4n) is 2.81. The Hall–Kier alpha value is -0.280. The molecule has 1 fully saturated rings. The Morgan fingerprint density at radius 1 is 1.44 bits per heavy atom. The third-order valence-electron chi connectivity index (χ3n) is 3.82. The van der Waals surface area contributed by atoms with Crippen molar-refractivity contribution >= 4 is 18.4 Å². The number of rotatable bonds is 5. The van der Waals surface area contributed by atoms with E-state index in [1.54, 1.807) is 0 Å². The minimum atomic E-state index is -0.653. The first-order chi connectivity index (χ1) is 7.12. The summed E-state index contributed by atoms with van der Waals surface area (Å²) in [7, 11) is 1.91. The number of carboxylic acids is 1. The zero-order valence-corrected chi connectivity index (χ0v) is 11.1. The van der Waals surface area contributed by atoms with Gasteiger partial charge >= 0.3 is 5.97 Å². The summed E-state index contributed by atoms with van der Waals surface area (Å²) in [6, 6.07) is 0. The molecule has 2 N–H and O–H groups in total. The van der Waals surface area contributed by atoms with Crippen LogP contribution in [0.4, 0.5) is 0 Å². The van der Waals surface area contributed by atoms with E-state index in [1.165, 1.54) is 19.3 Å². The van der Waals surface area contributed by atoms with E-state index in [4.69, 9.17) is 5.11 Å². The lowest BCUT2D eigenvalue weighted by Gasteiger charge is -2.39. The second kappa shape index (κ2) is 7.13. The highest BCUT2D eigenvalue weighted by molar-refractivity contribution is 5.85. The SMILES string of the molecule is CCC1CCC(CNC)(CC(=O)O)CC1.Cl. The molecule has 1 aliphatic carbocycles. The van der Waals surface area contributed by atoms with Gasteiger partial charge in [0, 0.05) is 6.54 Å². The van der Waals surface area contributed by atoms with Gasteiger partial charge in [-0.05, 0) is 44.1 Å². The molecule has 0 radical (unpaired) electrons. The van der Waals surface area contributed by atoms with Gasteiger partial charge in [0.05, 0.1) is 6.42 Å². The Bertz CT molecular complexity index is 213. The summed E-state index contributed by atoms with van der Waals surface area (Å²) >= 11 is 0. The van der Waals surface area contributed by atoms with Crippen molar-refractivity contribution in [3.63, 3.8) is 0 Å². The average molecular weight is 250 g/mol. The molecule has 1 rings (SSSR count). The van der Waals surface area contributed by atoms with Gasteiger partial charge in [0.2, 0.25) is 0 Å². The molecule has 0 spiro atoms. The van der Waals surface area contributed by atoms with E-state index in [9.17, 15) is 4.79 Å². The number of nitrogens with one attached hydrogen (secondary N) is 1. The van der Waals surface area contributed by atoms with Crippen molar-refractivity contribution in [2.75, 3.05) is 13.6 Å². The molecule has 96 valence electrons. The predicted octanol–water partition coefficient (Wildman–Crippen LogP) is 2.69. The van der Waals surface area contributed by atoms with Gasteiger partial charge in [-0.3, -0.25) is 4.79 Å². The summed E-state index contributed by atoms with van der Waals surface area (Å²) in [6.45, 7) is 3.07. The molecule has 0 heterocycles. The van der Waals surface area contributed by atoms with E-state index in [0.717, 1.165) is 25.3 Å². The second-order valence-corrected chi connectivity index (χ2v) is 4.95. The molecular formula is C12H24ClNO2. The van der Waals surface area contributed by atoms with Crippen LogP contribution in [0.3, 0.4) is 0 Å². The highest BCUT2D eigenvalue weighted by atomic mass is 35.5. The molecule has 0 aromatic carbocycles. The maximum absolute atomic E-state index is 10.9. The third-order valence-corrected chi connectivity index (χ3v) is 3.82. The van der Waals surface area contributed by atoms with Crippen LogP contribution in [0.1, 0.15) is 45.4 Å². The molecule has 0 unspecified atom stereocenters. The Kier molecular flexibility index (Phi) is 7.00. The summed E-state index contributed by atoms with van der Waals surface area (Å²) in [6.07, 6.45) is 6.10. The van der Waals surface area contributed by atoms with Crippen LogP contribution < -0.4 is 5.32 Å². The van der Waals surface area contributed by atoms with Crippen molar-refractivity contribution in [3.8, 4) is 0 Å². The quantitative estimate of drug-likeness (QED) is 0.788. The van der Waals surface area contributed by atoms with Gasteiger partial charge in [0.25, 0.3) is 0 Å². The normalized spacial score (nSPS) is 29.5. The highest BCUT2D eigenvalue weighted by Crippen LogP contribution is 2.42. The standard InChI is InChI=1S/C12H23NO2.ClH/c1-3-10-4-6-12(7-5-10,9-13-2)8-11(14)15;/h10,13H,3-9H2,1-2H3,(H,14,15);1H. The van der Waals surface area contributed by atoms with Crippen LogP contribution in [0, 0.1) is 11.3 Å². The van der Waals surface area contributed by atoms with E-state index in [-0.39, 0.29) is 17.8 Å². The number of halogens is 1. The zero-order chi connectivity index (χ0) is 11.3. The Morgan fingerprint density at radius 3 is 2.38 bits per heavy atom. The van der Waals surface area contributed by atoms with Crippen molar-refractivity contribution in [2.45, 2.75) is 45.4 Å². The van der Waals surface area contributed by atoms with Crippen LogP contribution in [0.15, 0.2) is 0 Å². The van der Waals surface area contributed by atoms with Crippen LogP contribution in [-0.2, 0) is 4.79 Å². The van der Waals surface area contributed by atoms with Crippen LogP contribution in [0.25, 0.3) is 0 Å². The van der Waals surface area contributed by atoms with E-state index in [0.29, 0.717) is 6.42 Å². The zero-order valence-electron chi connectivity index (χ0n) is 10.3. The van der Waals surface area contributed by atoms with Crippen LogP contribution in [0.5, 0.6) is 0 Å². The van der Waals surface area contributed by atoms with E-state index in [1.807, 2.05) is 7.05 Å². The van der Waals surface area contributed by atoms with Crippen LogP contribution in [0.2, 0.25) is 0 Å². The molecule has 3 nitrogen and oxygen atoms in total. The van der Waals surface area contributed by atoms with Crippen molar-refractivity contribution in [1.82, 2.24) is 5.32 Å². The number of carbonyl (C=O) groups is 1. The first-order valence-corrected chi connectivity index (χ1v) is 5.98. The summed E-state index contributed by atoms with van der Waals surface area (Å²) in [5.74, 6) is 0.170. The number of aliphatic carboxylic acids is 1. The topological polar surface area (TPSA) is 49.3 Å². The largest absolute Gasteiger partial charge is 0.481 e. The Morgan fingerprint density at radius 2 is 2.00 bits per heavy atom. The second-order valence-electron chi connectivity index (χ2n) is 4.95. The first-order valence-electron chi connectivity index (χ1n) is 5.98. The van der Waals surface area contributed by atoms with Gasteiger partial charge in [-0.1, -0.05) is 13.3 Å². The lowest BCUT2D eigenvalue weighted by molar-refractivity contribution is -0.140. The third kappa shape index (κ3) is 4.30. The maximum atomic E-state index is 10.9. The van der Waals surface area contributed by atoms with Gasteiger partial charge in [-0.2, -0.15) is 0 Å². The molecule has 1 saturated carbocycles. The molecule has 0 atom stereocenters. The fourth-order valence-corrected chi connectivity index (χ4v) is 2.81. The molecule has 0 aromatic rings. The van der Waals surface area contributed by atoms with E-state index in [2.05, 4.69) is 12.2 Å². The summed E-state index contributed by atoms with van der Waals surface area (Å²) in [4.78, 5) is 10.9. The molecule has 1 aliphatic rings. The Balaban J connectivity index is 0.00000225. The van der Waals surface area contributed by atoms with Crippen LogP contribution >= 0.6 is 12.4 Å². The molecule has 0 aliphatic heterocycles. The smallest absolute Gasteiger partial charge is 0.303 e. The highest BCUT2D eigenvalue weighted by Gasteiger charge is 2.36. The molecule has 0 aromatic heterocycles. The van der Waals surface area contributed by atoms with E-state index >= 15 is 0 Å². The Labute approximate surface area is 104 Å². The molecule has 0 saturated heterocycles. The number of carboxylic acid groups (broad SMARTS) is 1. The predicted molar refractivity (Wildman–Crippen MR) is 68.1 cm³/mol.